The van der Waals surface area contributed by atoms with Crippen molar-refractivity contribution >= 4 is 11.0 Å². The Hall–Kier alpha value is -3.35. The summed E-state index contributed by atoms with van der Waals surface area (Å²) < 4.78 is 0. The zero-order chi connectivity index (χ0) is 18.6. The standard InChI is InChI=1S/C24H21N3/c1-3-14-25-16-21-6-4-5-7-22(21)19-10-8-18(9-11-19)20-12-13-23-24(15-20)27-17(2)26-23/h1,4-13,15,25H,14,16H2,2H3,(H,26,27). The van der Waals surface area contributed by atoms with Gasteiger partial charge in [-0.05, 0) is 46.9 Å². The van der Waals surface area contributed by atoms with Crippen LogP contribution in [0.25, 0.3) is 33.3 Å². The van der Waals surface area contributed by atoms with Gasteiger partial charge in [-0.25, -0.2) is 4.98 Å². The number of aromatic amines is 1. The minimum Gasteiger partial charge on any atom is -0.342 e. The van der Waals surface area contributed by atoms with Crippen LogP contribution >= 0.6 is 0 Å². The molecule has 0 atom stereocenters. The molecule has 0 unspecified atom stereocenters. The number of nitrogens with zero attached hydrogens (tertiary/aromatic N) is 1. The molecular weight excluding hydrogens is 330 g/mol. The van der Waals surface area contributed by atoms with Crippen molar-refractivity contribution in [1.29, 1.82) is 0 Å². The maximum absolute atomic E-state index is 5.33. The second-order valence-electron chi connectivity index (χ2n) is 6.60. The van der Waals surface area contributed by atoms with Crippen molar-refractivity contribution in [2.75, 3.05) is 6.54 Å². The molecule has 4 rings (SSSR count). The van der Waals surface area contributed by atoms with E-state index in [0.29, 0.717) is 6.54 Å². The normalized spacial score (nSPS) is 10.8. The van der Waals surface area contributed by atoms with Crippen LogP contribution in [0.4, 0.5) is 0 Å². The van der Waals surface area contributed by atoms with Gasteiger partial charge in [0, 0.05) is 6.54 Å². The Kier molecular flexibility index (Phi) is 4.74. The fraction of sp³-hybridized carbons (Fsp3) is 0.125. The van der Waals surface area contributed by atoms with Crippen molar-refractivity contribution in [3.8, 4) is 34.6 Å². The topological polar surface area (TPSA) is 40.7 Å². The zero-order valence-corrected chi connectivity index (χ0v) is 15.3. The number of benzene rings is 3. The highest BCUT2D eigenvalue weighted by Crippen LogP contribution is 2.28. The summed E-state index contributed by atoms with van der Waals surface area (Å²) in [6.45, 7) is 3.31. The minimum atomic E-state index is 0.572. The van der Waals surface area contributed by atoms with Crippen LogP contribution in [-0.4, -0.2) is 16.5 Å². The molecule has 2 N–H and O–H groups in total. The molecule has 0 aliphatic heterocycles. The van der Waals surface area contributed by atoms with Crippen molar-refractivity contribution in [3.63, 3.8) is 0 Å². The molecule has 0 radical (unpaired) electrons. The predicted molar refractivity (Wildman–Crippen MR) is 112 cm³/mol. The van der Waals surface area contributed by atoms with Gasteiger partial charge in [-0.3, -0.25) is 0 Å². The highest BCUT2D eigenvalue weighted by atomic mass is 14.9. The third kappa shape index (κ3) is 3.62. The first-order valence-electron chi connectivity index (χ1n) is 9.04. The highest BCUT2D eigenvalue weighted by molar-refractivity contribution is 5.82. The minimum absolute atomic E-state index is 0.572. The number of hydrogen-bond acceptors (Lipinski definition) is 2. The molecule has 4 aromatic rings. The lowest BCUT2D eigenvalue weighted by Crippen LogP contribution is -2.13. The molecule has 0 saturated carbocycles. The Balaban J connectivity index is 1.63. The summed E-state index contributed by atoms with van der Waals surface area (Å²) >= 11 is 0. The molecule has 0 spiro atoms. The molecule has 0 bridgehead atoms. The zero-order valence-electron chi connectivity index (χ0n) is 15.3. The van der Waals surface area contributed by atoms with Gasteiger partial charge in [-0.2, -0.15) is 0 Å². The van der Waals surface area contributed by atoms with E-state index in [2.05, 4.69) is 87.9 Å². The molecule has 1 aromatic heterocycles. The third-order valence-corrected chi connectivity index (χ3v) is 4.69. The van der Waals surface area contributed by atoms with Crippen LogP contribution in [0, 0.1) is 19.3 Å². The fourth-order valence-electron chi connectivity index (χ4n) is 3.38. The Morgan fingerprint density at radius 1 is 0.963 bits per heavy atom. The average Bonchev–Trinajstić information content (AvgIpc) is 3.08. The number of H-pyrrole nitrogens is 1. The number of terminal acetylenes is 1. The van der Waals surface area contributed by atoms with E-state index >= 15 is 0 Å². The molecule has 3 heteroatoms. The van der Waals surface area contributed by atoms with Crippen LogP contribution in [0.5, 0.6) is 0 Å². The number of aromatic nitrogens is 2. The van der Waals surface area contributed by atoms with Gasteiger partial charge in [-0.1, -0.05) is 60.5 Å². The number of aryl methyl sites for hydroxylation is 1. The lowest BCUT2D eigenvalue weighted by Gasteiger charge is -2.11. The Labute approximate surface area is 159 Å². The molecular formula is C24H21N3. The van der Waals surface area contributed by atoms with Gasteiger partial charge in [0.25, 0.3) is 0 Å². The van der Waals surface area contributed by atoms with Crippen LogP contribution in [0.15, 0.2) is 66.7 Å². The fourth-order valence-corrected chi connectivity index (χ4v) is 3.38. The van der Waals surface area contributed by atoms with Crippen molar-refractivity contribution in [2.24, 2.45) is 0 Å². The molecule has 27 heavy (non-hydrogen) atoms. The molecule has 1 heterocycles. The number of imidazole rings is 1. The number of hydrogen-bond donors (Lipinski definition) is 2. The molecule has 0 aliphatic carbocycles. The monoisotopic (exact) mass is 351 g/mol. The first-order valence-corrected chi connectivity index (χ1v) is 9.04. The van der Waals surface area contributed by atoms with Crippen LogP contribution in [0.3, 0.4) is 0 Å². The summed E-state index contributed by atoms with van der Waals surface area (Å²) in [5, 5.41) is 3.27. The number of rotatable bonds is 5. The third-order valence-electron chi connectivity index (χ3n) is 4.69. The molecule has 0 fully saturated rings. The molecule has 3 aromatic carbocycles. The quantitative estimate of drug-likeness (QED) is 0.395. The number of nitrogens with one attached hydrogen (secondary N) is 2. The van der Waals surface area contributed by atoms with E-state index in [9.17, 15) is 0 Å². The van der Waals surface area contributed by atoms with Crippen molar-refractivity contribution in [1.82, 2.24) is 15.3 Å². The van der Waals surface area contributed by atoms with Crippen LogP contribution in [0.2, 0.25) is 0 Å². The lowest BCUT2D eigenvalue weighted by atomic mass is 9.97. The van der Waals surface area contributed by atoms with Gasteiger partial charge in [0.15, 0.2) is 0 Å². The van der Waals surface area contributed by atoms with E-state index in [1.54, 1.807) is 0 Å². The van der Waals surface area contributed by atoms with Crippen LogP contribution in [0.1, 0.15) is 11.4 Å². The van der Waals surface area contributed by atoms with Gasteiger partial charge in [0.05, 0.1) is 17.6 Å². The maximum atomic E-state index is 5.33. The van der Waals surface area contributed by atoms with Crippen molar-refractivity contribution in [2.45, 2.75) is 13.5 Å². The first-order chi connectivity index (χ1) is 13.2. The van der Waals surface area contributed by atoms with Gasteiger partial charge in [-0.15, -0.1) is 6.42 Å². The Bertz CT molecular complexity index is 1110. The van der Waals surface area contributed by atoms with Gasteiger partial charge in [0.1, 0.15) is 5.82 Å². The lowest BCUT2D eigenvalue weighted by molar-refractivity contribution is 0.771. The Morgan fingerprint density at radius 3 is 2.52 bits per heavy atom. The summed E-state index contributed by atoms with van der Waals surface area (Å²) in [5.41, 5.74) is 8.12. The van der Waals surface area contributed by atoms with Crippen molar-refractivity contribution < 1.29 is 0 Å². The maximum Gasteiger partial charge on any atom is 0.104 e. The second-order valence-corrected chi connectivity index (χ2v) is 6.60. The van der Waals surface area contributed by atoms with E-state index in [1.807, 2.05) is 6.92 Å². The van der Waals surface area contributed by atoms with E-state index in [1.165, 1.54) is 27.8 Å². The molecule has 0 amide bonds. The van der Waals surface area contributed by atoms with E-state index < -0.39 is 0 Å². The molecule has 0 aliphatic rings. The summed E-state index contributed by atoms with van der Waals surface area (Å²) in [7, 11) is 0. The van der Waals surface area contributed by atoms with E-state index in [0.717, 1.165) is 23.4 Å². The summed E-state index contributed by atoms with van der Waals surface area (Å²) in [5.74, 6) is 3.56. The van der Waals surface area contributed by atoms with E-state index in [-0.39, 0.29) is 0 Å². The number of fused-ring (bicyclic) bond motifs is 1. The smallest absolute Gasteiger partial charge is 0.104 e. The highest BCUT2D eigenvalue weighted by Gasteiger charge is 2.06. The Morgan fingerprint density at radius 2 is 1.70 bits per heavy atom. The van der Waals surface area contributed by atoms with Crippen LogP contribution < -0.4 is 5.32 Å². The summed E-state index contributed by atoms with van der Waals surface area (Å²) in [4.78, 5) is 7.77. The van der Waals surface area contributed by atoms with Gasteiger partial charge < -0.3 is 10.3 Å². The van der Waals surface area contributed by atoms with Gasteiger partial charge >= 0.3 is 0 Å². The largest absolute Gasteiger partial charge is 0.342 e. The SMILES string of the molecule is C#CCNCc1ccccc1-c1ccc(-c2ccc3nc(C)[nH]c3c2)cc1. The summed E-state index contributed by atoms with van der Waals surface area (Å²) in [6, 6.07) is 23.5. The average molecular weight is 351 g/mol. The second kappa shape index (κ2) is 7.49. The molecule has 3 nitrogen and oxygen atoms in total. The van der Waals surface area contributed by atoms with E-state index in [4.69, 9.17) is 6.42 Å². The summed E-state index contributed by atoms with van der Waals surface area (Å²) in [6.07, 6.45) is 5.33. The van der Waals surface area contributed by atoms with Crippen LogP contribution in [-0.2, 0) is 6.54 Å². The van der Waals surface area contributed by atoms with Crippen molar-refractivity contribution in [3.05, 3.63) is 78.1 Å². The van der Waals surface area contributed by atoms with Gasteiger partial charge in [0.2, 0.25) is 0 Å². The first kappa shape index (κ1) is 17.1. The molecule has 132 valence electrons. The predicted octanol–water partition coefficient (Wildman–Crippen LogP) is 4.93. The molecule has 0 saturated heterocycles.